The Hall–Kier alpha value is -0.920. The van der Waals surface area contributed by atoms with Gasteiger partial charge in [-0.15, -0.1) is 0 Å². The lowest BCUT2D eigenvalue weighted by atomic mass is 9.78. The summed E-state index contributed by atoms with van der Waals surface area (Å²) in [5, 5.41) is 1.83. The Bertz CT molecular complexity index is 361. The smallest absolute Gasteiger partial charge is 0.368 e. The van der Waals surface area contributed by atoms with Gasteiger partial charge in [-0.25, -0.2) is 8.78 Å². The number of nitrogens with one attached hydrogen (secondary N) is 1. The first kappa shape index (κ1) is 14.5. The Morgan fingerprint density at radius 2 is 1.74 bits per heavy atom. The predicted octanol–water partition coefficient (Wildman–Crippen LogP) is 2.40. The average molecular weight is 287 g/mol. The van der Waals surface area contributed by atoms with Crippen LogP contribution in [0.5, 0.6) is 0 Å². The predicted molar refractivity (Wildman–Crippen MR) is 54.7 cm³/mol. The van der Waals surface area contributed by atoms with Crippen LogP contribution in [0, 0.1) is 0 Å². The van der Waals surface area contributed by atoms with Crippen molar-refractivity contribution < 1.29 is 31.5 Å². The van der Waals surface area contributed by atoms with Gasteiger partial charge >= 0.3 is 12.1 Å². The van der Waals surface area contributed by atoms with Crippen LogP contribution in [-0.2, 0) is 9.53 Å². The fourth-order valence-electron chi connectivity index (χ4n) is 2.71. The van der Waals surface area contributed by atoms with Crippen molar-refractivity contribution in [2.24, 2.45) is 0 Å². The quantitative estimate of drug-likeness (QED) is 0.752. The molecule has 3 nitrogen and oxygen atoms in total. The minimum Gasteiger partial charge on any atom is -0.368 e. The molecule has 0 unspecified atom stereocenters. The summed E-state index contributed by atoms with van der Waals surface area (Å²) in [4.78, 5) is 10.8. The van der Waals surface area contributed by atoms with Crippen molar-refractivity contribution >= 4 is 5.91 Å². The van der Waals surface area contributed by atoms with Crippen LogP contribution in [0.4, 0.5) is 22.0 Å². The maximum atomic E-state index is 13.7. The highest BCUT2D eigenvalue weighted by Gasteiger charge is 2.59. The molecule has 1 spiro atoms. The lowest BCUT2D eigenvalue weighted by molar-refractivity contribution is -0.178. The summed E-state index contributed by atoms with van der Waals surface area (Å²) in [7, 11) is 0. The maximum Gasteiger partial charge on any atom is 0.471 e. The number of alkyl halides is 5. The van der Waals surface area contributed by atoms with Gasteiger partial charge in [0, 0.05) is 12.5 Å². The summed E-state index contributed by atoms with van der Waals surface area (Å²) < 4.78 is 68.7. The van der Waals surface area contributed by atoms with Gasteiger partial charge in [0.15, 0.2) is 0 Å². The maximum absolute atomic E-state index is 13.7. The molecule has 1 N–H and O–H groups in total. The normalized spacial score (nSPS) is 34.5. The monoisotopic (exact) mass is 287 g/mol. The fraction of sp³-hybridized carbons (Fsp3) is 0.909. The summed E-state index contributed by atoms with van der Waals surface area (Å²) >= 11 is 0. The van der Waals surface area contributed by atoms with Crippen molar-refractivity contribution in [3.8, 4) is 0 Å². The van der Waals surface area contributed by atoms with Crippen molar-refractivity contribution in [3.63, 3.8) is 0 Å². The summed E-state index contributed by atoms with van der Waals surface area (Å²) in [6.07, 6.45) is -5.24. The van der Waals surface area contributed by atoms with E-state index in [1.165, 1.54) is 0 Å². The zero-order chi connectivity index (χ0) is 14.3. The molecule has 1 amide bonds. The molecule has 1 heterocycles. The molecule has 8 heteroatoms. The molecule has 1 aliphatic heterocycles. The van der Waals surface area contributed by atoms with E-state index in [0.717, 1.165) is 0 Å². The summed E-state index contributed by atoms with van der Waals surface area (Å²) in [6.45, 7) is -0.0351. The van der Waals surface area contributed by atoms with Gasteiger partial charge in [-0.3, -0.25) is 4.79 Å². The molecule has 1 saturated heterocycles. The van der Waals surface area contributed by atoms with E-state index in [1.807, 2.05) is 5.32 Å². The van der Waals surface area contributed by atoms with E-state index in [0.29, 0.717) is 0 Å². The van der Waals surface area contributed by atoms with Crippen LogP contribution in [0.1, 0.15) is 32.1 Å². The molecule has 19 heavy (non-hydrogen) atoms. The molecule has 1 aliphatic carbocycles. The van der Waals surface area contributed by atoms with Crippen molar-refractivity contribution in [2.75, 3.05) is 6.61 Å². The van der Waals surface area contributed by atoms with Gasteiger partial charge in [-0.05, 0) is 25.7 Å². The third kappa shape index (κ3) is 2.68. The highest BCUT2D eigenvalue weighted by atomic mass is 19.4. The Morgan fingerprint density at radius 3 is 2.16 bits per heavy atom. The number of hydrogen-bond donors (Lipinski definition) is 1. The number of amides is 1. The Balaban J connectivity index is 1.91. The molecule has 0 aromatic carbocycles. The molecule has 110 valence electrons. The van der Waals surface area contributed by atoms with Gasteiger partial charge < -0.3 is 10.1 Å². The molecule has 0 bridgehead atoms. The van der Waals surface area contributed by atoms with E-state index in [2.05, 4.69) is 0 Å². The number of hydrogen-bond acceptors (Lipinski definition) is 2. The van der Waals surface area contributed by atoms with Crippen LogP contribution >= 0.6 is 0 Å². The molecule has 2 aliphatic rings. The van der Waals surface area contributed by atoms with E-state index in [-0.39, 0.29) is 38.7 Å². The topological polar surface area (TPSA) is 38.3 Å². The van der Waals surface area contributed by atoms with E-state index in [9.17, 15) is 26.7 Å². The second-order valence-corrected chi connectivity index (χ2v) is 5.04. The SMILES string of the molecule is O=C(NC1CCC2(CC1)OCCC2(F)F)C(F)(F)F. The van der Waals surface area contributed by atoms with Crippen LogP contribution in [0.2, 0.25) is 0 Å². The molecule has 2 fully saturated rings. The zero-order valence-electron chi connectivity index (χ0n) is 10.0. The Morgan fingerprint density at radius 1 is 1.16 bits per heavy atom. The number of carbonyl (C=O) groups is 1. The van der Waals surface area contributed by atoms with Gasteiger partial charge in [-0.1, -0.05) is 0 Å². The first-order valence-electron chi connectivity index (χ1n) is 6.06. The van der Waals surface area contributed by atoms with Gasteiger partial charge in [0.25, 0.3) is 5.92 Å². The Labute approximate surface area is 106 Å². The van der Waals surface area contributed by atoms with Crippen LogP contribution in [-0.4, -0.2) is 36.3 Å². The number of rotatable bonds is 1. The lowest BCUT2D eigenvalue weighted by Crippen LogP contribution is -2.52. The summed E-state index contributed by atoms with van der Waals surface area (Å²) in [5.41, 5.74) is -1.55. The third-order valence-electron chi connectivity index (χ3n) is 3.85. The minimum atomic E-state index is -4.94. The summed E-state index contributed by atoms with van der Waals surface area (Å²) in [5.74, 6) is -4.96. The molecule has 0 atom stereocenters. The molecule has 0 aromatic rings. The third-order valence-corrected chi connectivity index (χ3v) is 3.85. The van der Waals surface area contributed by atoms with Crippen molar-refractivity contribution in [1.82, 2.24) is 5.32 Å². The molecule has 2 rings (SSSR count). The fourth-order valence-corrected chi connectivity index (χ4v) is 2.71. The van der Waals surface area contributed by atoms with Crippen molar-refractivity contribution in [1.29, 1.82) is 0 Å². The van der Waals surface area contributed by atoms with Crippen LogP contribution < -0.4 is 5.32 Å². The lowest BCUT2D eigenvalue weighted by Gasteiger charge is -2.40. The highest BCUT2D eigenvalue weighted by Crippen LogP contribution is 2.49. The largest absolute Gasteiger partial charge is 0.471 e. The standard InChI is InChI=1S/C11H14F5NO2/c12-10(13)5-6-19-9(10)3-1-7(2-4-9)17-8(18)11(14,15)16/h7H,1-6H2,(H,17,18). The number of carbonyl (C=O) groups excluding carboxylic acids is 1. The van der Waals surface area contributed by atoms with Crippen LogP contribution in [0.15, 0.2) is 0 Å². The molecular formula is C11H14F5NO2. The minimum absolute atomic E-state index is 0.0351. The van der Waals surface area contributed by atoms with E-state index >= 15 is 0 Å². The van der Waals surface area contributed by atoms with Crippen molar-refractivity contribution in [3.05, 3.63) is 0 Å². The van der Waals surface area contributed by atoms with E-state index in [1.54, 1.807) is 0 Å². The molecule has 1 saturated carbocycles. The van der Waals surface area contributed by atoms with Crippen LogP contribution in [0.3, 0.4) is 0 Å². The molecule has 0 aromatic heterocycles. The van der Waals surface area contributed by atoms with E-state index in [4.69, 9.17) is 4.74 Å². The number of ether oxygens (including phenoxy) is 1. The molecular weight excluding hydrogens is 273 g/mol. The Kier molecular flexibility index (Phi) is 3.49. The summed E-state index contributed by atoms with van der Waals surface area (Å²) in [6, 6.07) is -0.722. The van der Waals surface area contributed by atoms with Crippen molar-refractivity contribution in [2.45, 2.75) is 55.8 Å². The van der Waals surface area contributed by atoms with Crippen LogP contribution in [0.25, 0.3) is 0 Å². The van der Waals surface area contributed by atoms with Gasteiger partial charge in [-0.2, -0.15) is 13.2 Å². The highest BCUT2D eigenvalue weighted by molar-refractivity contribution is 5.81. The second kappa shape index (κ2) is 4.57. The first-order valence-corrected chi connectivity index (χ1v) is 6.06. The van der Waals surface area contributed by atoms with E-state index < -0.39 is 29.6 Å². The average Bonchev–Trinajstić information content (AvgIpc) is 2.56. The first-order chi connectivity index (χ1) is 8.66. The molecule has 0 radical (unpaired) electrons. The van der Waals surface area contributed by atoms with Gasteiger partial charge in [0.1, 0.15) is 5.60 Å². The van der Waals surface area contributed by atoms with Gasteiger partial charge in [0.05, 0.1) is 6.61 Å². The number of halogens is 5. The second-order valence-electron chi connectivity index (χ2n) is 5.04. The zero-order valence-corrected chi connectivity index (χ0v) is 10.0. The van der Waals surface area contributed by atoms with Gasteiger partial charge in [0.2, 0.25) is 0 Å².